The fourth-order valence-corrected chi connectivity index (χ4v) is 4.59. The van der Waals surface area contributed by atoms with Gasteiger partial charge in [-0.3, -0.25) is 4.79 Å². The van der Waals surface area contributed by atoms with Gasteiger partial charge in [-0.25, -0.2) is 9.97 Å². The summed E-state index contributed by atoms with van der Waals surface area (Å²) >= 11 is 1.81. The second-order valence-electron chi connectivity index (χ2n) is 6.66. The van der Waals surface area contributed by atoms with E-state index in [1.165, 1.54) is 41.5 Å². The smallest absolute Gasteiger partial charge is 0.229 e. The van der Waals surface area contributed by atoms with E-state index >= 15 is 0 Å². The summed E-state index contributed by atoms with van der Waals surface area (Å²) in [6.45, 7) is 2.13. The minimum atomic E-state index is 0.0558. The van der Waals surface area contributed by atoms with E-state index in [0.717, 1.165) is 30.2 Å². The Morgan fingerprint density at radius 2 is 1.96 bits per heavy atom. The first-order valence-corrected chi connectivity index (χ1v) is 9.21. The number of fused-ring (bicyclic) bond motifs is 3. The number of amides is 1. The lowest BCUT2D eigenvalue weighted by atomic mass is 9.96. The van der Waals surface area contributed by atoms with Crippen LogP contribution in [0.2, 0.25) is 0 Å². The average Bonchev–Trinajstić information content (AvgIpc) is 2.83. The van der Waals surface area contributed by atoms with Crippen LogP contribution >= 0.6 is 11.3 Å². The van der Waals surface area contributed by atoms with Crippen molar-refractivity contribution in [3.05, 3.63) is 16.3 Å². The van der Waals surface area contributed by atoms with Gasteiger partial charge >= 0.3 is 0 Å². The van der Waals surface area contributed by atoms with Gasteiger partial charge in [-0.15, -0.1) is 11.3 Å². The molecule has 6 heteroatoms. The van der Waals surface area contributed by atoms with Crippen LogP contribution in [0, 0.1) is 0 Å². The van der Waals surface area contributed by atoms with E-state index < -0.39 is 0 Å². The van der Waals surface area contributed by atoms with Crippen LogP contribution in [0.4, 0.5) is 5.82 Å². The number of thiophene rings is 1. The molecule has 122 valence electrons. The highest BCUT2D eigenvalue weighted by Crippen LogP contribution is 2.40. The van der Waals surface area contributed by atoms with E-state index in [-0.39, 0.29) is 12.3 Å². The molecule has 5 nitrogen and oxygen atoms in total. The van der Waals surface area contributed by atoms with Crippen molar-refractivity contribution in [1.82, 2.24) is 14.9 Å². The van der Waals surface area contributed by atoms with Crippen LogP contribution in [0.25, 0.3) is 10.2 Å². The first kappa shape index (κ1) is 14.9. The highest BCUT2D eigenvalue weighted by Gasteiger charge is 2.26. The van der Waals surface area contributed by atoms with Gasteiger partial charge in [0, 0.05) is 32.1 Å². The van der Waals surface area contributed by atoms with E-state index in [2.05, 4.69) is 4.90 Å². The Morgan fingerprint density at radius 1 is 1.17 bits per heavy atom. The van der Waals surface area contributed by atoms with Crippen molar-refractivity contribution in [3.8, 4) is 0 Å². The van der Waals surface area contributed by atoms with Gasteiger partial charge in [0.15, 0.2) is 0 Å². The summed E-state index contributed by atoms with van der Waals surface area (Å²) < 4.78 is 0. The Morgan fingerprint density at radius 3 is 2.65 bits per heavy atom. The minimum absolute atomic E-state index is 0.0558. The lowest BCUT2D eigenvalue weighted by Gasteiger charge is -2.33. The molecule has 2 aromatic heterocycles. The maximum absolute atomic E-state index is 12.0. The predicted octanol–water partition coefficient (Wildman–Crippen LogP) is 2.41. The molecule has 2 aromatic rings. The van der Waals surface area contributed by atoms with E-state index in [1.54, 1.807) is 19.0 Å². The molecular formula is C17H22N4OS. The third-order valence-corrected chi connectivity index (χ3v) is 5.99. The first-order valence-electron chi connectivity index (χ1n) is 8.40. The Kier molecular flexibility index (Phi) is 3.71. The van der Waals surface area contributed by atoms with Crippen LogP contribution < -0.4 is 4.90 Å². The van der Waals surface area contributed by atoms with Gasteiger partial charge in [0.1, 0.15) is 16.5 Å². The van der Waals surface area contributed by atoms with Crippen molar-refractivity contribution in [3.63, 3.8) is 0 Å². The molecule has 23 heavy (non-hydrogen) atoms. The summed E-state index contributed by atoms with van der Waals surface area (Å²) in [5.41, 5.74) is 1.48. The maximum Gasteiger partial charge on any atom is 0.229 e. The first-order chi connectivity index (χ1) is 11.1. The molecule has 1 aliphatic carbocycles. The highest BCUT2D eigenvalue weighted by atomic mass is 32.1. The molecule has 1 fully saturated rings. The number of anilines is 1. The van der Waals surface area contributed by atoms with Gasteiger partial charge in [-0.2, -0.15) is 0 Å². The molecule has 4 rings (SSSR count). The Balaban J connectivity index is 1.82. The molecule has 0 spiro atoms. The van der Waals surface area contributed by atoms with Crippen LogP contribution in [-0.2, 0) is 24.1 Å². The fourth-order valence-electron chi connectivity index (χ4n) is 3.31. The summed E-state index contributed by atoms with van der Waals surface area (Å²) in [5, 5.41) is 1.27. The quantitative estimate of drug-likeness (QED) is 0.867. The SMILES string of the molecule is CN(C)C(=O)Cc1nc(N2CCC2)c2c3c(sc2n1)CCCC3. The molecule has 1 aliphatic heterocycles. The van der Waals surface area contributed by atoms with Gasteiger partial charge in [0.05, 0.1) is 11.8 Å². The summed E-state index contributed by atoms with van der Waals surface area (Å²) in [7, 11) is 3.56. The molecule has 1 amide bonds. The van der Waals surface area contributed by atoms with Crippen molar-refractivity contribution in [1.29, 1.82) is 0 Å². The van der Waals surface area contributed by atoms with Gasteiger partial charge in [-0.05, 0) is 37.7 Å². The molecule has 0 N–H and O–H groups in total. The molecule has 0 atom stereocenters. The van der Waals surface area contributed by atoms with Crippen LogP contribution in [0.5, 0.6) is 0 Å². The van der Waals surface area contributed by atoms with Gasteiger partial charge in [0.2, 0.25) is 5.91 Å². The van der Waals surface area contributed by atoms with Gasteiger partial charge < -0.3 is 9.80 Å². The van der Waals surface area contributed by atoms with E-state index in [1.807, 2.05) is 11.3 Å². The Labute approximate surface area is 140 Å². The largest absolute Gasteiger partial charge is 0.356 e. The lowest BCUT2D eigenvalue weighted by molar-refractivity contribution is -0.128. The molecular weight excluding hydrogens is 308 g/mol. The second kappa shape index (κ2) is 5.74. The molecule has 0 bridgehead atoms. The second-order valence-corrected chi connectivity index (χ2v) is 7.74. The van der Waals surface area contributed by atoms with Crippen LogP contribution in [0.3, 0.4) is 0 Å². The van der Waals surface area contributed by atoms with Crippen molar-refractivity contribution in [2.75, 3.05) is 32.1 Å². The standard InChI is InChI=1S/C17H22N4OS/c1-20(2)14(22)10-13-18-16(21-8-5-9-21)15-11-6-3-4-7-12(11)23-17(15)19-13/h3-10H2,1-2H3. The summed E-state index contributed by atoms with van der Waals surface area (Å²) in [6.07, 6.45) is 6.37. The molecule has 0 aromatic carbocycles. The number of likely N-dealkylation sites (N-methyl/N-ethyl adjacent to an activating group) is 1. The molecule has 2 aliphatic rings. The average molecular weight is 330 g/mol. The van der Waals surface area contributed by atoms with Crippen molar-refractivity contribution in [2.24, 2.45) is 0 Å². The third-order valence-electron chi connectivity index (χ3n) is 4.81. The highest BCUT2D eigenvalue weighted by molar-refractivity contribution is 7.19. The predicted molar refractivity (Wildman–Crippen MR) is 93.3 cm³/mol. The van der Waals surface area contributed by atoms with Crippen LogP contribution in [-0.4, -0.2) is 48.0 Å². The van der Waals surface area contributed by atoms with Gasteiger partial charge in [0.25, 0.3) is 0 Å². The maximum atomic E-state index is 12.0. The van der Waals surface area contributed by atoms with E-state index in [0.29, 0.717) is 5.82 Å². The number of carbonyl (C=O) groups excluding carboxylic acids is 1. The van der Waals surface area contributed by atoms with Crippen molar-refractivity contribution >= 4 is 33.3 Å². The number of aryl methyl sites for hydroxylation is 2. The van der Waals surface area contributed by atoms with Crippen LogP contribution in [0.15, 0.2) is 0 Å². The van der Waals surface area contributed by atoms with Gasteiger partial charge in [-0.1, -0.05) is 0 Å². The Bertz CT molecular complexity index is 764. The molecule has 0 radical (unpaired) electrons. The minimum Gasteiger partial charge on any atom is -0.356 e. The zero-order chi connectivity index (χ0) is 16.0. The zero-order valence-corrected chi connectivity index (χ0v) is 14.6. The third kappa shape index (κ3) is 2.59. The normalized spacial score (nSPS) is 17.0. The number of hydrogen-bond acceptors (Lipinski definition) is 5. The summed E-state index contributed by atoms with van der Waals surface area (Å²) in [5.74, 6) is 1.79. The number of rotatable bonds is 3. The number of nitrogens with zero attached hydrogens (tertiary/aromatic N) is 4. The topological polar surface area (TPSA) is 49.3 Å². The fraction of sp³-hybridized carbons (Fsp3) is 0.588. The molecule has 1 saturated heterocycles. The summed E-state index contributed by atoms with van der Waals surface area (Å²) in [4.78, 5) is 28.1. The zero-order valence-electron chi connectivity index (χ0n) is 13.8. The van der Waals surface area contributed by atoms with Crippen LogP contribution in [0.1, 0.15) is 35.5 Å². The number of carbonyl (C=O) groups is 1. The summed E-state index contributed by atoms with van der Waals surface area (Å²) in [6, 6.07) is 0. The van der Waals surface area contributed by atoms with Crippen molar-refractivity contribution in [2.45, 2.75) is 38.5 Å². The lowest BCUT2D eigenvalue weighted by Crippen LogP contribution is -2.38. The van der Waals surface area contributed by atoms with E-state index in [4.69, 9.17) is 9.97 Å². The van der Waals surface area contributed by atoms with Crippen molar-refractivity contribution < 1.29 is 4.79 Å². The molecule has 3 heterocycles. The molecule has 0 saturated carbocycles. The number of hydrogen-bond donors (Lipinski definition) is 0. The Hall–Kier alpha value is -1.69. The molecule has 0 unspecified atom stereocenters. The van der Waals surface area contributed by atoms with E-state index in [9.17, 15) is 4.79 Å². The number of aromatic nitrogens is 2. The monoisotopic (exact) mass is 330 g/mol.